The van der Waals surface area contributed by atoms with Crippen molar-refractivity contribution in [3.8, 4) is 0 Å². The van der Waals surface area contributed by atoms with Crippen molar-refractivity contribution in [1.29, 1.82) is 0 Å². The van der Waals surface area contributed by atoms with Crippen LogP contribution in [0.3, 0.4) is 0 Å². The van der Waals surface area contributed by atoms with Crippen molar-refractivity contribution in [2.75, 3.05) is 40.3 Å². The summed E-state index contributed by atoms with van der Waals surface area (Å²) < 4.78 is 0. The van der Waals surface area contributed by atoms with Crippen LogP contribution in [-0.2, 0) is 28.9 Å². The zero-order valence-corrected chi connectivity index (χ0v) is 19.3. The highest BCUT2D eigenvalue weighted by molar-refractivity contribution is 5.81. The molecule has 0 bridgehead atoms. The standard InChI is InChI=1S/C25H39N3O2/c1-25(2,18-27(3)4)17-26-24(30)21-11-13-28(14-12-21)23(29)16-19-9-10-20-7-5-6-8-22(20)15-19/h9-10,15,21H,5-8,11-14,16-18H2,1-4H3,(H,26,30). The van der Waals surface area contributed by atoms with Crippen molar-refractivity contribution in [3.05, 3.63) is 34.9 Å². The van der Waals surface area contributed by atoms with Crippen LogP contribution in [-0.4, -0.2) is 61.9 Å². The molecule has 0 spiro atoms. The molecule has 0 atom stereocenters. The molecular weight excluding hydrogens is 374 g/mol. The number of amides is 2. The highest BCUT2D eigenvalue weighted by atomic mass is 16.2. The zero-order valence-electron chi connectivity index (χ0n) is 19.3. The van der Waals surface area contributed by atoms with Crippen molar-refractivity contribution < 1.29 is 9.59 Å². The summed E-state index contributed by atoms with van der Waals surface area (Å²) in [4.78, 5) is 29.5. The molecule has 1 fully saturated rings. The molecule has 0 saturated carbocycles. The molecule has 1 aromatic rings. The van der Waals surface area contributed by atoms with Crippen LogP contribution < -0.4 is 5.32 Å². The topological polar surface area (TPSA) is 52.7 Å². The average molecular weight is 414 g/mol. The number of carbonyl (C=O) groups is 2. The Balaban J connectivity index is 1.44. The van der Waals surface area contributed by atoms with Gasteiger partial charge in [-0.2, -0.15) is 0 Å². The Morgan fingerprint density at radius 3 is 2.43 bits per heavy atom. The summed E-state index contributed by atoms with van der Waals surface area (Å²) in [6.45, 7) is 7.33. The van der Waals surface area contributed by atoms with E-state index >= 15 is 0 Å². The predicted molar refractivity (Wildman–Crippen MR) is 121 cm³/mol. The van der Waals surface area contributed by atoms with Crippen molar-refractivity contribution in [2.45, 2.75) is 58.8 Å². The number of rotatable bonds is 7. The molecule has 0 unspecified atom stereocenters. The molecule has 3 rings (SSSR count). The molecule has 5 heteroatoms. The van der Waals surface area contributed by atoms with Gasteiger partial charge in [-0.05, 0) is 74.7 Å². The normalized spacial score (nSPS) is 17.7. The molecule has 1 aliphatic heterocycles. The van der Waals surface area contributed by atoms with Gasteiger partial charge in [0.15, 0.2) is 0 Å². The monoisotopic (exact) mass is 413 g/mol. The number of aryl methyl sites for hydroxylation is 2. The molecule has 30 heavy (non-hydrogen) atoms. The van der Waals surface area contributed by atoms with Crippen LogP contribution in [0.2, 0.25) is 0 Å². The lowest BCUT2D eigenvalue weighted by molar-refractivity contribution is -0.135. The Kier molecular flexibility index (Phi) is 7.56. The maximum absolute atomic E-state index is 12.8. The first-order chi connectivity index (χ1) is 14.2. The minimum atomic E-state index is 0.0213. The smallest absolute Gasteiger partial charge is 0.226 e. The van der Waals surface area contributed by atoms with E-state index in [1.54, 1.807) is 0 Å². The average Bonchev–Trinajstić information content (AvgIpc) is 2.71. The maximum Gasteiger partial charge on any atom is 0.226 e. The quantitative estimate of drug-likeness (QED) is 0.748. The largest absolute Gasteiger partial charge is 0.355 e. The number of nitrogens with one attached hydrogen (secondary N) is 1. The first-order valence-corrected chi connectivity index (χ1v) is 11.5. The van der Waals surface area contributed by atoms with Crippen LogP contribution in [0.5, 0.6) is 0 Å². The Labute approximate surface area is 182 Å². The molecule has 0 aromatic heterocycles. The van der Waals surface area contributed by atoms with Gasteiger partial charge in [-0.25, -0.2) is 0 Å². The molecule has 1 aromatic carbocycles. The maximum atomic E-state index is 12.8. The molecule has 1 heterocycles. The second-order valence-corrected chi connectivity index (χ2v) is 10.3. The predicted octanol–water partition coefficient (Wildman–Crippen LogP) is 3.05. The Bertz CT molecular complexity index is 749. The lowest BCUT2D eigenvalue weighted by Crippen LogP contribution is -2.46. The third kappa shape index (κ3) is 6.31. The number of benzene rings is 1. The molecule has 0 radical (unpaired) electrons. The van der Waals surface area contributed by atoms with E-state index in [1.165, 1.54) is 30.4 Å². The van der Waals surface area contributed by atoms with Crippen LogP contribution in [0.15, 0.2) is 18.2 Å². The van der Waals surface area contributed by atoms with Gasteiger partial charge in [0.1, 0.15) is 0 Å². The zero-order chi connectivity index (χ0) is 21.7. The van der Waals surface area contributed by atoms with Crippen molar-refractivity contribution in [2.24, 2.45) is 11.3 Å². The molecule has 2 amide bonds. The van der Waals surface area contributed by atoms with Crippen LogP contribution in [0.1, 0.15) is 56.2 Å². The van der Waals surface area contributed by atoms with Crippen molar-refractivity contribution in [3.63, 3.8) is 0 Å². The van der Waals surface area contributed by atoms with Gasteiger partial charge in [-0.15, -0.1) is 0 Å². The van der Waals surface area contributed by atoms with Crippen LogP contribution >= 0.6 is 0 Å². The number of hydrogen-bond donors (Lipinski definition) is 1. The number of piperidine rings is 1. The lowest BCUT2D eigenvalue weighted by atomic mass is 9.89. The number of fused-ring (bicyclic) bond motifs is 1. The summed E-state index contributed by atoms with van der Waals surface area (Å²) in [6, 6.07) is 6.57. The van der Waals surface area contributed by atoms with Gasteiger partial charge < -0.3 is 15.1 Å². The minimum absolute atomic E-state index is 0.0213. The first-order valence-electron chi connectivity index (χ1n) is 11.5. The highest BCUT2D eigenvalue weighted by Crippen LogP contribution is 2.24. The summed E-state index contributed by atoms with van der Waals surface area (Å²) in [5.74, 6) is 0.355. The van der Waals surface area contributed by atoms with Crippen LogP contribution in [0, 0.1) is 11.3 Å². The summed E-state index contributed by atoms with van der Waals surface area (Å²) >= 11 is 0. The highest BCUT2D eigenvalue weighted by Gasteiger charge is 2.28. The summed E-state index contributed by atoms with van der Waals surface area (Å²) in [7, 11) is 4.11. The van der Waals surface area contributed by atoms with Crippen LogP contribution in [0.4, 0.5) is 0 Å². The fourth-order valence-corrected chi connectivity index (χ4v) is 4.96. The van der Waals surface area contributed by atoms with Gasteiger partial charge in [0.2, 0.25) is 11.8 Å². The van der Waals surface area contributed by atoms with E-state index in [4.69, 9.17) is 0 Å². The van der Waals surface area contributed by atoms with E-state index in [9.17, 15) is 9.59 Å². The molecule has 1 N–H and O–H groups in total. The molecule has 2 aliphatic rings. The fraction of sp³-hybridized carbons (Fsp3) is 0.680. The van der Waals surface area contributed by atoms with Crippen molar-refractivity contribution >= 4 is 11.8 Å². The Morgan fingerprint density at radius 2 is 1.77 bits per heavy atom. The third-order valence-electron chi connectivity index (χ3n) is 6.47. The van der Waals surface area contributed by atoms with Gasteiger partial charge in [0, 0.05) is 32.1 Å². The summed E-state index contributed by atoms with van der Waals surface area (Å²) in [5.41, 5.74) is 4.06. The van der Waals surface area contributed by atoms with Crippen molar-refractivity contribution in [1.82, 2.24) is 15.1 Å². The van der Waals surface area contributed by atoms with Gasteiger partial charge in [-0.1, -0.05) is 32.0 Å². The second-order valence-electron chi connectivity index (χ2n) is 10.3. The summed E-state index contributed by atoms with van der Waals surface area (Å²) in [5, 5.41) is 3.14. The number of likely N-dealkylation sites (tertiary alicyclic amines) is 1. The van der Waals surface area contributed by atoms with Crippen LogP contribution in [0.25, 0.3) is 0 Å². The SMILES string of the molecule is CN(C)CC(C)(C)CNC(=O)C1CCN(C(=O)Cc2ccc3c(c2)CCCC3)CC1. The molecule has 5 nitrogen and oxygen atoms in total. The van der Waals surface area contributed by atoms with E-state index in [1.807, 2.05) is 4.90 Å². The Hall–Kier alpha value is -1.88. The second kappa shape index (κ2) is 9.95. The van der Waals surface area contributed by atoms with E-state index in [2.05, 4.69) is 56.4 Å². The minimum Gasteiger partial charge on any atom is -0.355 e. The summed E-state index contributed by atoms with van der Waals surface area (Å²) in [6.07, 6.45) is 6.84. The van der Waals surface area contributed by atoms with E-state index in [0.717, 1.165) is 31.4 Å². The first kappa shape index (κ1) is 22.8. The van der Waals surface area contributed by atoms with Gasteiger partial charge >= 0.3 is 0 Å². The van der Waals surface area contributed by atoms with E-state index in [-0.39, 0.29) is 23.1 Å². The number of carbonyl (C=O) groups excluding carboxylic acids is 2. The Morgan fingerprint density at radius 1 is 1.10 bits per heavy atom. The van der Waals surface area contributed by atoms with E-state index < -0.39 is 0 Å². The molecule has 166 valence electrons. The lowest BCUT2D eigenvalue weighted by Gasteiger charge is -2.33. The molecule has 1 aliphatic carbocycles. The number of nitrogens with zero attached hydrogens (tertiary/aromatic N) is 2. The van der Waals surface area contributed by atoms with Gasteiger partial charge in [0.05, 0.1) is 6.42 Å². The molecular formula is C25H39N3O2. The van der Waals surface area contributed by atoms with E-state index in [0.29, 0.717) is 26.1 Å². The van der Waals surface area contributed by atoms with Gasteiger partial charge in [-0.3, -0.25) is 9.59 Å². The molecule has 1 saturated heterocycles. The third-order valence-corrected chi connectivity index (χ3v) is 6.47. The van der Waals surface area contributed by atoms with Gasteiger partial charge in [0.25, 0.3) is 0 Å². The number of hydrogen-bond acceptors (Lipinski definition) is 3. The fourth-order valence-electron chi connectivity index (χ4n) is 4.96.